The zero-order valence-corrected chi connectivity index (χ0v) is 22.7. The molecule has 2 aromatic carbocycles. The number of hydrogen-bond acceptors (Lipinski definition) is 5. The Morgan fingerprint density at radius 1 is 1.07 bits per heavy atom. The summed E-state index contributed by atoms with van der Waals surface area (Å²) in [7, 11) is 0. The topological polar surface area (TPSA) is 80.9 Å². The van der Waals surface area contributed by atoms with Crippen molar-refractivity contribution in [2.24, 2.45) is 0 Å². The lowest BCUT2D eigenvalue weighted by Crippen LogP contribution is -2.60. The Labute approximate surface area is 238 Å². The van der Waals surface area contributed by atoms with E-state index in [-0.39, 0.29) is 36.1 Å². The van der Waals surface area contributed by atoms with Gasteiger partial charge in [0.2, 0.25) is 0 Å². The summed E-state index contributed by atoms with van der Waals surface area (Å²) in [6, 6.07) is 6.61. The number of piperidine rings is 1. The minimum absolute atomic E-state index is 0.0124. The first kappa shape index (κ1) is 31.7. The van der Waals surface area contributed by atoms with E-state index in [0.29, 0.717) is 18.9 Å². The van der Waals surface area contributed by atoms with Crippen LogP contribution in [0.5, 0.6) is 11.5 Å². The first-order valence-electron chi connectivity index (χ1n) is 13.7. The van der Waals surface area contributed by atoms with Gasteiger partial charge in [-0.1, -0.05) is 44.4 Å². The minimum Gasteiger partial charge on any atom is -0.473 e. The van der Waals surface area contributed by atoms with Crippen molar-refractivity contribution in [3.05, 3.63) is 53.8 Å². The third-order valence-corrected chi connectivity index (χ3v) is 7.32. The predicted octanol–water partition coefficient (Wildman–Crippen LogP) is 7.13. The molecule has 4 unspecified atom stereocenters. The molecule has 0 aromatic heterocycles. The number of carbonyl (C=O) groups is 1. The highest BCUT2D eigenvalue weighted by Gasteiger charge is 2.62. The SMILES string of the molecule is CCCCCC1CCC(NC(=O)Nc2ccc(OC(F)(F)F)c(F)c2)C(Oc2ccccc2C2(C(F)(F)F)CCO2)N1. The number of nitrogens with one attached hydrogen (secondary N) is 3. The number of amides is 2. The molecule has 0 aliphatic carbocycles. The van der Waals surface area contributed by atoms with E-state index in [2.05, 4.69) is 27.6 Å². The molecule has 2 amide bonds. The maximum atomic E-state index is 14.1. The predicted molar refractivity (Wildman–Crippen MR) is 138 cm³/mol. The molecular formula is C28H32F7N3O4. The summed E-state index contributed by atoms with van der Waals surface area (Å²) in [5.74, 6) is -2.44. The highest BCUT2D eigenvalue weighted by atomic mass is 19.4. The summed E-state index contributed by atoms with van der Waals surface area (Å²) in [4.78, 5) is 12.8. The lowest BCUT2D eigenvalue weighted by Gasteiger charge is -2.44. The first-order chi connectivity index (χ1) is 19.8. The molecule has 2 fully saturated rings. The van der Waals surface area contributed by atoms with E-state index in [1.54, 1.807) is 6.07 Å². The molecule has 232 valence electrons. The minimum atomic E-state index is -5.09. The van der Waals surface area contributed by atoms with Gasteiger partial charge < -0.3 is 24.8 Å². The fourth-order valence-corrected chi connectivity index (χ4v) is 5.15. The number of carbonyl (C=O) groups excluding carboxylic acids is 1. The van der Waals surface area contributed by atoms with Crippen LogP contribution in [-0.4, -0.2) is 43.5 Å². The molecule has 2 aliphatic heterocycles. The smallest absolute Gasteiger partial charge is 0.473 e. The summed E-state index contributed by atoms with van der Waals surface area (Å²) in [6.07, 6.45) is -6.16. The lowest BCUT2D eigenvalue weighted by atomic mass is 9.85. The monoisotopic (exact) mass is 607 g/mol. The summed E-state index contributed by atoms with van der Waals surface area (Å²) < 4.78 is 108. The molecule has 0 bridgehead atoms. The van der Waals surface area contributed by atoms with Crippen molar-refractivity contribution in [3.63, 3.8) is 0 Å². The largest absolute Gasteiger partial charge is 0.573 e. The fraction of sp³-hybridized carbons (Fsp3) is 0.536. The highest BCUT2D eigenvalue weighted by molar-refractivity contribution is 5.89. The Hall–Kier alpha value is -3.26. The van der Waals surface area contributed by atoms with Gasteiger partial charge in [-0.2, -0.15) is 13.2 Å². The molecule has 4 atom stereocenters. The van der Waals surface area contributed by atoms with Gasteiger partial charge in [0.15, 0.2) is 23.4 Å². The Kier molecular flexibility index (Phi) is 9.76. The Morgan fingerprint density at radius 2 is 1.81 bits per heavy atom. The van der Waals surface area contributed by atoms with Crippen molar-refractivity contribution in [2.75, 3.05) is 11.9 Å². The van der Waals surface area contributed by atoms with Gasteiger partial charge in [0, 0.05) is 29.8 Å². The Bertz CT molecular complexity index is 1220. The average molecular weight is 608 g/mol. The molecule has 42 heavy (non-hydrogen) atoms. The number of alkyl halides is 6. The van der Waals surface area contributed by atoms with Crippen molar-refractivity contribution >= 4 is 11.7 Å². The number of anilines is 1. The normalized spacial score (nSPS) is 24.4. The molecule has 14 heteroatoms. The summed E-state index contributed by atoms with van der Waals surface area (Å²) in [6.45, 7) is 2.01. The number of halogens is 7. The highest BCUT2D eigenvalue weighted by Crippen LogP contribution is 2.52. The summed E-state index contributed by atoms with van der Waals surface area (Å²) >= 11 is 0. The van der Waals surface area contributed by atoms with Crippen molar-refractivity contribution in [1.29, 1.82) is 0 Å². The van der Waals surface area contributed by atoms with Crippen LogP contribution in [0, 0.1) is 5.82 Å². The molecule has 0 saturated carbocycles. The summed E-state index contributed by atoms with van der Waals surface area (Å²) in [5, 5.41) is 8.34. The van der Waals surface area contributed by atoms with Crippen LogP contribution in [0.25, 0.3) is 0 Å². The fourth-order valence-electron chi connectivity index (χ4n) is 5.15. The molecule has 2 aromatic rings. The molecule has 7 nitrogen and oxygen atoms in total. The molecule has 4 rings (SSSR count). The van der Waals surface area contributed by atoms with Crippen LogP contribution in [-0.2, 0) is 10.3 Å². The quantitative estimate of drug-likeness (QED) is 0.198. The van der Waals surface area contributed by atoms with Crippen LogP contribution >= 0.6 is 0 Å². The molecule has 0 radical (unpaired) electrons. The van der Waals surface area contributed by atoms with Crippen LogP contribution < -0.4 is 25.4 Å². The molecular weight excluding hydrogens is 575 g/mol. The van der Waals surface area contributed by atoms with Gasteiger partial charge in [-0.25, -0.2) is 9.18 Å². The number of para-hydroxylation sites is 1. The van der Waals surface area contributed by atoms with Gasteiger partial charge >= 0.3 is 18.6 Å². The molecule has 2 saturated heterocycles. The van der Waals surface area contributed by atoms with E-state index in [4.69, 9.17) is 9.47 Å². The zero-order chi connectivity index (χ0) is 30.5. The Morgan fingerprint density at radius 3 is 2.43 bits per heavy atom. The summed E-state index contributed by atoms with van der Waals surface area (Å²) in [5.41, 5.74) is -2.80. The van der Waals surface area contributed by atoms with Gasteiger partial charge in [-0.3, -0.25) is 5.32 Å². The van der Waals surface area contributed by atoms with Crippen LogP contribution in [0.2, 0.25) is 0 Å². The van der Waals surface area contributed by atoms with E-state index >= 15 is 0 Å². The van der Waals surface area contributed by atoms with Crippen LogP contribution in [0.1, 0.15) is 57.4 Å². The van der Waals surface area contributed by atoms with Gasteiger partial charge in [-0.05, 0) is 37.5 Å². The number of hydrogen-bond donors (Lipinski definition) is 3. The third kappa shape index (κ3) is 7.57. The van der Waals surface area contributed by atoms with Crippen molar-refractivity contribution in [1.82, 2.24) is 10.6 Å². The maximum Gasteiger partial charge on any atom is 0.573 e. The van der Waals surface area contributed by atoms with Crippen LogP contribution in [0.3, 0.4) is 0 Å². The van der Waals surface area contributed by atoms with Gasteiger partial charge in [0.05, 0.1) is 12.6 Å². The molecule has 3 N–H and O–H groups in total. The van der Waals surface area contributed by atoms with Crippen LogP contribution in [0.15, 0.2) is 42.5 Å². The third-order valence-electron chi connectivity index (χ3n) is 7.32. The second-order valence-corrected chi connectivity index (χ2v) is 10.3. The van der Waals surface area contributed by atoms with Crippen molar-refractivity contribution < 1.29 is 49.7 Å². The van der Waals surface area contributed by atoms with Gasteiger partial charge in [0.25, 0.3) is 0 Å². The van der Waals surface area contributed by atoms with E-state index in [0.717, 1.165) is 37.8 Å². The first-order valence-corrected chi connectivity index (χ1v) is 13.7. The number of unbranched alkanes of at least 4 members (excludes halogenated alkanes) is 2. The Balaban J connectivity index is 1.50. The number of benzene rings is 2. The standard InChI is InChI=1S/C28H32F7N3O4/c1-2-3-4-7-17-10-12-21(38-25(39)37-18-11-13-23(20(29)16-18)42-28(33,34)35)24(36-17)41-22-9-6-5-8-19(22)26(14-15-40-26)27(30,31)32/h5-6,8-9,11,13,16-17,21,24,36H,2-4,7,10,12,14-15H2,1H3,(H2,37,38,39). The average Bonchev–Trinajstić information content (AvgIpc) is 2.86. The number of urea groups is 1. The molecule has 2 aliphatic rings. The lowest BCUT2D eigenvalue weighted by molar-refractivity contribution is -0.334. The zero-order valence-electron chi connectivity index (χ0n) is 22.7. The van der Waals surface area contributed by atoms with Crippen LogP contribution in [0.4, 0.5) is 41.2 Å². The van der Waals surface area contributed by atoms with Crippen molar-refractivity contribution in [2.45, 2.75) is 88.3 Å². The van der Waals surface area contributed by atoms with E-state index in [9.17, 15) is 35.5 Å². The maximum absolute atomic E-state index is 14.1. The molecule has 2 heterocycles. The van der Waals surface area contributed by atoms with E-state index in [1.807, 2.05) is 0 Å². The van der Waals surface area contributed by atoms with E-state index in [1.165, 1.54) is 18.2 Å². The number of rotatable bonds is 10. The van der Waals surface area contributed by atoms with Gasteiger partial charge in [0.1, 0.15) is 5.75 Å². The second kappa shape index (κ2) is 12.9. The van der Waals surface area contributed by atoms with Gasteiger partial charge in [-0.15, -0.1) is 13.2 Å². The molecule has 0 spiro atoms. The van der Waals surface area contributed by atoms with E-state index < -0.39 is 48.0 Å². The second-order valence-electron chi connectivity index (χ2n) is 10.3. The number of ether oxygens (including phenoxy) is 3. The van der Waals surface area contributed by atoms with Crippen molar-refractivity contribution in [3.8, 4) is 11.5 Å².